The van der Waals surface area contributed by atoms with E-state index in [1.807, 2.05) is 13.8 Å². The molecule has 0 aromatic carbocycles. The zero-order chi connectivity index (χ0) is 13.9. The fraction of sp³-hybridized carbons (Fsp3) is 0.714. The second-order valence-electron chi connectivity index (χ2n) is 4.98. The molecule has 0 bridgehead atoms. The number of aromatic carboxylic acids is 1. The van der Waals surface area contributed by atoms with Crippen LogP contribution >= 0.6 is 11.3 Å². The smallest absolute Gasteiger partial charge is 0.347 e. The van der Waals surface area contributed by atoms with Crippen LogP contribution < -0.4 is 0 Å². The van der Waals surface area contributed by atoms with Crippen LogP contribution in [-0.4, -0.2) is 22.7 Å². The summed E-state index contributed by atoms with van der Waals surface area (Å²) in [6, 6.07) is 0. The van der Waals surface area contributed by atoms with Gasteiger partial charge in [0.05, 0.1) is 5.69 Å². The van der Waals surface area contributed by atoms with Crippen LogP contribution in [-0.2, 0) is 16.8 Å². The Hall–Kier alpha value is -0.940. The van der Waals surface area contributed by atoms with E-state index in [0.717, 1.165) is 49.2 Å². The second-order valence-corrected chi connectivity index (χ2v) is 5.98. The van der Waals surface area contributed by atoms with Gasteiger partial charge in [-0.15, -0.1) is 11.3 Å². The average Bonchev–Trinajstić information content (AvgIpc) is 2.97. The molecule has 19 heavy (non-hydrogen) atoms. The summed E-state index contributed by atoms with van der Waals surface area (Å²) in [6.07, 6.45) is 5.81. The van der Waals surface area contributed by atoms with Crippen LogP contribution in [0.15, 0.2) is 0 Å². The van der Waals surface area contributed by atoms with Crippen LogP contribution in [0, 0.1) is 0 Å². The highest BCUT2D eigenvalue weighted by atomic mass is 32.1. The van der Waals surface area contributed by atoms with Crippen LogP contribution in [0.3, 0.4) is 0 Å². The summed E-state index contributed by atoms with van der Waals surface area (Å²) in [4.78, 5) is 16.3. The predicted molar refractivity (Wildman–Crippen MR) is 74.8 cm³/mol. The Morgan fingerprint density at radius 3 is 2.63 bits per heavy atom. The minimum absolute atomic E-state index is 0.324. The molecule has 1 aliphatic rings. The maximum Gasteiger partial charge on any atom is 0.347 e. The number of carbonyl (C=O) groups is 1. The van der Waals surface area contributed by atoms with E-state index in [2.05, 4.69) is 4.98 Å². The Labute approximate surface area is 117 Å². The van der Waals surface area contributed by atoms with Gasteiger partial charge in [-0.05, 0) is 26.2 Å². The molecule has 4 nitrogen and oxygen atoms in total. The monoisotopic (exact) mass is 283 g/mol. The van der Waals surface area contributed by atoms with Crippen LogP contribution in [0.1, 0.15) is 66.3 Å². The maximum absolute atomic E-state index is 11.3. The fourth-order valence-electron chi connectivity index (χ4n) is 2.76. The molecule has 1 saturated carbocycles. The van der Waals surface area contributed by atoms with E-state index in [0.29, 0.717) is 11.5 Å². The van der Waals surface area contributed by atoms with Crippen molar-refractivity contribution in [1.29, 1.82) is 0 Å². The van der Waals surface area contributed by atoms with Crippen LogP contribution in [0.5, 0.6) is 0 Å². The highest BCUT2D eigenvalue weighted by molar-refractivity contribution is 7.13. The summed E-state index contributed by atoms with van der Waals surface area (Å²) in [5.41, 5.74) is 0.399. The molecule has 1 aromatic heterocycles. The highest BCUT2D eigenvalue weighted by Gasteiger charge is 2.40. The zero-order valence-corrected chi connectivity index (χ0v) is 12.4. The van der Waals surface area contributed by atoms with Crippen molar-refractivity contribution in [3.63, 3.8) is 0 Å². The Bertz CT molecular complexity index is 450. The summed E-state index contributed by atoms with van der Waals surface area (Å²) < 4.78 is 5.96. The minimum Gasteiger partial charge on any atom is -0.477 e. The number of aryl methyl sites for hydroxylation is 1. The van der Waals surface area contributed by atoms with Gasteiger partial charge in [0.25, 0.3) is 0 Å². The van der Waals surface area contributed by atoms with Crippen molar-refractivity contribution < 1.29 is 14.6 Å². The third-order valence-electron chi connectivity index (χ3n) is 3.60. The quantitative estimate of drug-likeness (QED) is 0.866. The van der Waals surface area contributed by atoms with E-state index in [1.165, 1.54) is 11.3 Å². The lowest BCUT2D eigenvalue weighted by Crippen LogP contribution is -2.26. The van der Waals surface area contributed by atoms with E-state index in [9.17, 15) is 9.90 Å². The minimum atomic E-state index is -0.864. The molecule has 0 unspecified atom stereocenters. The number of rotatable bonds is 6. The molecule has 1 aliphatic carbocycles. The fourth-order valence-corrected chi connectivity index (χ4v) is 3.91. The van der Waals surface area contributed by atoms with Crippen molar-refractivity contribution in [2.45, 2.75) is 58.0 Å². The van der Waals surface area contributed by atoms with Gasteiger partial charge in [0.1, 0.15) is 15.5 Å². The highest BCUT2D eigenvalue weighted by Crippen LogP contribution is 2.44. The summed E-state index contributed by atoms with van der Waals surface area (Å²) in [5.74, 6) is -0.864. The van der Waals surface area contributed by atoms with Gasteiger partial charge in [-0.25, -0.2) is 9.78 Å². The molecule has 0 aliphatic heterocycles. The van der Waals surface area contributed by atoms with Gasteiger partial charge < -0.3 is 9.84 Å². The van der Waals surface area contributed by atoms with E-state index in [-0.39, 0.29) is 5.60 Å². The first-order chi connectivity index (χ1) is 9.13. The first kappa shape index (κ1) is 14.5. The average molecular weight is 283 g/mol. The first-order valence-electron chi connectivity index (χ1n) is 7.00. The number of ether oxygens (including phenoxy) is 1. The molecular weight excluding hydrogens is 262 g/mol. The summed E-state index contributed by atoms with van der Waals surface area (Å²) in [7, 11) is 0. The second kappa shape index (κ2) is 6.01. The zero-order valence-electron chi connectivity index (χ0n) is 11.6. The largest absolute Gasteiger partial charge is 0.477 e. The van der Waals surface area contributed by atoms with E-state index in [4.69, 9.17) is 4.74 Å². The van der Waals surface area contributed by atoms with Crippen molar-refractivity contribution in [3.05, 3.63) is 15.6 Å². The number of carboxylic acids is 1. The van der Waals surface area contributed by atoms with E-state index >= 15 is 0 Å². The summed E-state index contributed by atoms with van der Waals surface area (Å²) >= 11 is 1.31. The molecule has 0 radical (unpaired) electrons. The molecule has 0 saturated heterocycles. The molecule has 1 fully saturated rings. The Balaban J connectivity index is 2.37. The molecule has 0 amide bonds. The van der Waals surface area contributed by atoms with Gasteiger partial charge in [-0.1, -0.05) is 26.2 Å². The van der Waals surface area contributed by atoms with Crippen LogP contribution in [0.25, 0.3) is 0 Å². The Morgan fingerprint density at radius 1 is 1.42 bits per heavy atom. The van der Waals surface area contributed by atoms with Gasteiger partial charge >= 0.3 is 5.97 Å². The number of carboxylic acid groups (broad SMARTS) is 1. The maximum atomic E-state index is 11.3. The SMILES string of the molecule is CCCc1nc(C2(OCC)CCCC2)sc1C(=O)O. The number of hydrogen-bond acceptors (Lipinski definition) is 4. The molecule has 1 heterocycles. The first-order valence-corrected chi connectivity index (χ1v) is 7.82. The molecule has 0 atom stereocenters. The van der Waals surface area contributed by atoms with Gasteiger partial charge in [0.15, 0.2) is 0 Å². The normalized spacial score (nSPS) is 17.8. The molecule has 5 heteroatoms. The van der Waals surface area contributed by atoms with Gasteiger partial charge in [0.2, 0.25) is 0 Å². The van der Waals surface area contributed by atoms with Gasteiger partial charge in [-0.2, -0.15) is 0 Å². The van der Waals surface area contributed by atoms with Crippen molar-refractivity contribution in [1.82, 2.24) is 4.98 Å². The lowest BCUT2D eigenvalue weighted by molar-refractivity contribution is -0.0392. The van der Waals surface area contributed by atoms with Gasteiger partial charge in [0, 0.05) is 6.61 Å². The predicted octanol–water partition coefficient (Wildman–Crippen LogP) is 3.60. The molecule has 106 valence electrons. The standard InChI is InChI=1S/C14H21NO3S/c1-3-7-10-11(12(16)17)19-13(15-10)14(18-4-2)8-5-6-9-14/h3-9H2,1-2H3,(H,16,17). The Morgan fingerprint density at radius 2 is 2.11 bits per heavy atom. The molecule has 1 N–H and O–H groups in total. The van der Waals surface area contributed by atoms with E-state index in [1.54, 1.807) is 0 Å². The van der Waals surface area contributed by atoms with E-state index < -0.39 is 5.97 Å². The molecular formula is C14H21NO3S. The molecule has 2 rings (SSSR count). The third-order valence-corrected chi connectivity index (χ3v) is 4.87. The molecule has 0 spiro atoms. The summed E-state index contributed by atoms with van der Waals surface area (Å²) in [6.45, 7) is 4.67. The summed E-state index contributed by atoms with van der Waals surface area (Å²) in [5, 5.41) is 10.2. The van der Waals surface area contributed by atoms with Gasteiger partial charge in [-0.3, -0.25) is 0 Å². The number of hydrogen-bond donors (Lipinski definition) is 1. The van der Waals surface area contributed by atoms with Crippen molar-refractivity contribution in [3.8, 4) is 0 Å². The van der Waals surface area contributed by atoms with Crippen molar-refractivity contribution in [2.24, 2.45) is 0 Å². The van der Waals surface area contributed by atoms with Crippen LogP contribution in [0.2, 0.25) is 0 Å². The van der Waals surface area contributed by atoms with Crippen LogP contribution in [0.4, 0.5) is 0 Å². The lowest BCUT2D eigenvalue weighted by Gasteiger charge is -2.26. The molecule has 1 aromatic rings. The third kappa shape index (κ3) is 2.82. The van der Waals surface area contributed by atoms with Crippen molar-refractivity contribution in [2.75, 3.05) is 6.61 Å². The topological polar surface area (TPSA) is 59.4 Å². The van der Waals surface area contributed by atoms with Crippen molar-refractivity contribution >= 4 is 17.3 Å². The lowest BCUT2D eigenvalue weighted by atomic mass is 10.0. The number of thiazole rings is 1. The number of aromatic nitrogens is 1. The number of nitrogens with zero attached hydrogens (tertiary/aromatic N) is 1. The Kier molecular flexibility index (Phi) is 4.58.